The van der Waals surface area contributed by atoms with Gasteiger partial charge in [-0.1, -0.05) is 31.0 Å². The Morgan fingerprint density at radius 2 is 2.03 bits per heavy atom. The van der Waals surface area contributed by atoms with E-state index in [1.165, 1.54) is 0 Å². The van der Waals surface area contributed by atoms with E-state index in [1.807, 2.05) is 60.2 Å². The molecule has 3 aromatic rings. The van der Waals surface area contributed by atoms with Gasteiger partial charge in [-0.3, -0.25) is 9.59 Å². The molecule has 3 heterocycles. The first-order chi connectivity index (χ1) is 15.5. The fraction of sp³-hybridized carbons (Fsp3) is 0.440. The van der Waals surface area contributed by atoms with Crippen molar-refractivity contribution in [1.82, 2.24) is 14.8 Å². The molecule has 1 saturated carbocycles. The topological polar surface area (TPSA) is 63.6 Å². The molecule has 1 aliphatic heterocycles. The first kappa shape index (κ1) is 21.1. The molecule has 2 aliphatic rings. The second kappa shape index (κ2) is 8.28. The van der Waals surface area contributed by atoms with Crippen LogP contribution in [0.2, 0.25) is 0 Å². The van der Waals surface area contributed by atoms with Gasteiger partial charge in [-0.05, 0) is 50.3 Å². The number of aromatic nitrogens is 1. The van der Waals surface area contributed by atoms with Crippen LogP contribution in [0.25, 0.3) is 10.2 Å². The number of benzene rings is 1. The van der Waals surface area contributed by atoms with Crippen molar-refractivity contribution in [2.24, 2.45) is 0 Å². The zero-order valence-electron chi connectivity index (χ0n) is 18.6. The molecule has 0 unspecified atom stereocenters. The van der Waals surface area contributed by atoms with Crippen LogP contribution in [0.4, 0.5) is 0 Å². The van der Waals surface area contributed by atoms with E-state index in [2.05, 4.69) is 5.32 Å². The van der Waals surface area contributed by atoms with E-state index in [9.17, 15) is 9.59 Å². The van der Waals surface area contributed by atoms with Crippen LogP contribution in [0.15, 0.2) is 41.8 Å². The number of thiophene rings is 1. The summed E-state index contributed by atoms with van der Waals surface area (Å²) in [6.45, 7) is 5.15. The minimum absolute atomic E-state index is 0.0747. The zero-order chi connectivity index (χ0) is 22.3. The van der Waals surface area contributed by atoms with Crippen LogP contribution >= 0.6 is 11.3 Å². The number of carbonyl (C=O) groups excluding carboxylic acids is 2. The van der Waals surface area contributed by atoms with Gasteiger partial charge < -0.3 is 19.5 Å². The molecular formula is C25H29N3O3S. The van der Waals surface area contributed by atoms with Crippen LogP contribution in [0.1, 0.15) is 55.6 Å². The van der Waals surface area contributed by atoms with E-state index in [-0.39, 0.29) is 17.9 Å². The van der Waals surface area contributed by atoms with Crippen molar-refractivity contribution in [1.29, 1.82) is 0 Å². The quantitative estimate of drug-likeness (QED) is 0.597. The van der Waals surface area contributed by atoms with Crippen molar-refractivity contribution < 1.29 is 14.3 Å². The summed E-state index contributed by atoms with van der Waals surface area (Å²) < 4.78 is 8.91. The second-order valence-corrected chi connectivity index (χ2v) is 9.89. The number of fused-ring (bicyclic) bond motifs is 3. The predicted octanol–water partition coefficient (Wildman–Crippen LogP) is 4.58. The van der Waals surface area contributed by atoms with Gasteiger partial charge in [0.2, 0.25) is 5.91 Å². The molecular weight excluding hydrogens is 422 g/mol. The molecule has 7 heteroatoms. The van der Waals surface area contributed by atoms with Crippen LogP contribution in [-0.2, 0) is 17.9 Å². The molecule has 1 aromatic carbocycles. The van der Waals surface area contributed by atoms with Crippen LogP contribution in [0, 0.1) is 0 Å². The number of rotatable bonds is 6. The highest BCUT2D eigenvalue weighted by atomic mass is 32.1. The van der Waals surface area contributed by atoms with E-state index in [0.717, 1.165) is 47.2 Å². The maximum Gasteiger partial charge on any atom is 0.271 e. The van der Waals surface area contributed by atoms with Gasteiger partial charge in [0.25, 0.3) is 5.91 Å². The maximum atomic E-state index is 13.8. The summed E-state index contributed by atoms with van der Waals surface area (Å²) in [5.41, 5.74) is 1.57. The average Bonchev–Trinajstić information content (AvgIpc) is 3.51. The van der Waals surface area contributed by atoms with Gasteiger partial charge in [-0.2, -0.15) is 0 Å². The van der Waals surface area contributed by atoms with Gasteiger partial charge in [0.15, 0.2) is 0 Å². The molecule has 2 aromatic heterocycles. The van der Waals surface area contributed by atoms with E-state index in [4.69, 9.17) is 4.74 Å². The lowest BCUT2D eigenvalue weighted by atomic mass is 9.93. The summed E-state index contributed by atoms with van der Waals surface area (Å²) in [6, 6.07) is 11.9. The fourth-order valence-electron chi connectivity index (χ4n) is 5.03. The van der Waals surface area contributed by atoms with Crippen molar-refractivity contribution in [2.45, 2.75) is 64.2 Å². The monoisotopic (exact) mass is 451 g/mol. The highest BCUT2D eigenvalue weighted by Gasteiger charge is 2.48. The van der Waals surface area contributed by atoms with Crippen molar-refractivity contribution >= 4 is 33.4 Å². The third-order valence-electron chi connectivity index (χ3n) is 6.83. The Labute approximate surface area is 192 Å². The number of carbonyl (C=O) groups is 2. The van der Waals surface area contributed by atoms with Gasteiger partial charge >= 0.3 is 0 Å². The standard InChI is InChI=1S/C25H29N3O3S/c1-3-31-21-11-7-4-8-17(21)15-28-23(29)20-14-22-19(12-13-32-22)27(20)16-25(28,2)24(30)26-18-9-5-6-10-18/h4,7-8,11-14,18H,3,5-6,9-10,15-16H2,1-2H3,(H,26,30)/t25-/m1/s1. The number of hydrogen-bond acceptors (Lipinski definition) is 4. The number of amides is 2. The van der Waals surface area contributed by atoms with Crippen molar-refractivity contribution in [3.05, 3.63) is 53.0 Å². The lowest BCUT2D eigenvalue weighted by Gasteiger charge is -2.44. The number of ether oxygens (including phenoxy) is 1. The minimum Gasteiger partial charge on any atom is -0.494 e. The Morgan fingerprint density at radius 1 is 1.25 bits per heavy atom. The Hall–Kier alpha value is -2.80. The van der Waals surface area contributed by atoms with E-state index in [0.29, 0.717) is 25.4 Å². The lowest BCUT2D eigenvalue weighted by molar-refractivity contribution is -0.133. The normalized spacial score (nSPS) is 21.2. The average molecular weight is 452 g/mol. The predicted molar refractivity (Wildman–Crippen MR) is 126 cm³/mol. The molecule has 1 N–H and O–H groups in total. The zero-order valence-corrected chi connectivity index (χ0v) is 19.4. The third kappa shape index (κ3) is 3.48. The van der Waals surface area contributed by atoms with Crippen molar-refractivity contribution in [3.63, 3.8) is 0 Å². The second-order valence-electron chi connectivity index (χ2n) is 8.95. The largest absolute Gasteiger partial charge is 0.494 e. The Kier molecular flexibility index (Phi) is 5.45. The maximum absolute atomic E-state index is 13.8. The first-order valence-corrected chi connectivity index (χ1v) is 12.3. The molecule has 0 saturated heterocycles. The van der Waals surface area contributed by atoms with Crippen molar-refractivity contribution in [3.8, 4) is 5.75 Å². The number of hydrogen-bond donors (Lipinski definition) is 1. The van der Waals surface area contributed by atoms with Crippen LogP contribution in [-0.4, -0.2) is 39.5 Å². The fourth-order valence-corrected chi connectivity index (χ4v) is 5.86. The number of para-hydroxylation sites is 1. The highest BCUT2D eigenvalue weighted by molar-refractivity contribution is 7.17. The SMILES string of the molecule is CCOc1ccccc1CN1C(=O)c2cc3sccc3n2C[C@]1(C)C(=O)NC1CCCC1. The Bertz CT molecular complexity index is 1160. The number of nitrogens with zero attached hydrogens (tertiary/aromatic N) is 2. The van der Waals surface area contributed by atoms with E-state index >= 15 is 0 Å². The summed E-state index contributed by atoms with van der Waals surface area (Å²) >= 11 is 1.62. The molecule has 32 heavy (non-hydrogen) atoms. The summed E-state index contributed by atoms with van der Waals surface area (Å²) in [7, 11) is 0. The molecule has 1 atom stereocenters. The Morgan fingerprint density at radius 3 is 2.81 bits per heavy atom. The van der Waals surface area contributed by atoms with E-state index in [1.54, 1.807) is 16.2 Å². The van der Waals surface area contributed by atoms with Crippen molar-refractivity contribution in [2.75, 3.05) is 6.61 Å². The summed E-state index contributed by atoms with van der Waals surface area (Å²) in [5, 5.41) is 5.29. The molecule has 6 nitrogen and oxygen atoms in total. The third-order valence-corrected chi connectivity index (χ3v) is 7.68. The number of nitrogens with one attached hydrogen (secondary N) is 1. The first-order valence-electron chi connectivity index (χ1n) is 11.4. The van der Waals surface area contributed by atoms with Gasteiger partial charge in [-0.15, -0.1) is 11.3 Å². The summed E-state index contributed by atoms with van der Waals surface area (Å²) in [5.74, 6) is 0.563. The molecule has 1 aliphatic carbocycles. The highest BCUT2D eigenvalue weighted by Crippen LogP contribution is 2.36. The van der Waals surface area contributed by atoms with Crippen LogP contribution in [0.5, 0.6) is 5.75 Å². The molecule has 2 amide bonds. The van der Waals surface area contributed by atoms with Gasteiger partial charge in [0.1, 0.15) is 17.0 Å². The molecule has 0 spiro atoms. The summed E-state index contributed by atoms with van der Waals surface area (Å²) in [6.07, 6.45) is 4.30. The van der Waals surface area contributed by atoms with Gasteiger partial charge in [0.05, 0.1) is 29.9 Å². The summed E-state index contributed by atoms with van der Waals surface area (Å²) in [4.78, 5) is 29.2. The molecule has 5 rings (SSSR count). The molecule has 168 valence electrons. The van der Waals surface area contributed by atoms with Gasteiger partial charge in [-0.25, -0.2) is 0 Å². The minimum atomic E-state index is -1.00. The van der Waals surface area contributed by atoms with Gasteiger partial charge in [0, 0.05) is 11.6 Å². The van der Waals surface area contributed by atoms with E-state index < -0.39 is 5.54 Å². The molecule has 0 bridgehead atoms. The smallest absolute Gasteiger partial charge is 0.271 e. The Balaban J connectivity index is 1.55. The van der Waals surface area contributed by atoms with Crippen LogP contribution < -0.4 is 10.1 Å². The van der Waals surface area contributed by atoms with Crippen LogP contribution in [0.3, 0.4) is 0 Å². The lowest BCUT2D eigenvalue weighted by Crippen LogP contribution is -2.64. The molecule has 1 fully saturated rings. The molecule has 0 radical (unpaired) electrons.